The van der Waals surface area contributed by atoms with Gasteiger partial charge in [-0.1, -0.05) is 48.0 Å². The van der Waals surface area contributed by atoms with E-state index in [1.54, 1.807) is 30.3 Å². The third kappa shape index (κ3) is 5.41. The second-order valence-electron chi connectivity index (χ2n) is 5.23. The predicted octanol–water partition coefficient (Wildman–Crippen LogP) is 2.27. The number of aryl methyl sites for hydroxylation is 1. The van der Waals surface area contributed by atoms with Gasteiger partial charge in [0.1, 0.15) is 0 Å². The molecule has 0 aliphatic heterocycles. The molecule has 0 atom stereocenters. The van der Waals surface area contributed by atoms with Crippen molar-refractivity contribution in [1.82, 2.24) is 10.6 Å². The number of urea groups is 1. The number of hydrogen-bond donors (Lipinski definition) is 2. The van der Waals surface area contributed by atoms with Crippen molar-refractivity contribution in [1.29, 1.82) is 0 Å². The number of hydrogen-bond acceptors (Lipinski definition) is 3. The van der Waals surface area contributed by atoms with Gasteiger partial charge >= 0.3 is 6.03 Å². The van der Waals surface area contributed by atoms with Crippen LogP contribution in [0.25, 0.3) is 0 Å². The van der Waals surface area contributed by atoms with Crippen LogP contribution in [0.1, 0.15) is 11.1 Å². The predicted molar refractivity (Wildman–Crippen MR) is 89.9 cm³/mol. The zero-order valence-corrected chi connectivity index (χ0v) is 13.8. The van der Waals surface area contributed by atoms with Crippen LogP contribution in [0.4, 0.5) is 4.79 Å². The van der Waals surface area contributed by atoms with E-state index in [4.69, 9.17) is 0 Å². The molecule has 5 nitrogen and oxygen atoms in total. The second-order valence-corrected chi connectivity index (χ2v) is 7.34. The van der Waals surface area contributed by atoms with E-state index in [1.165, 1.54) is 0 Å². The summed E-state index contributed by atoms with van der Waals surface area (Å²) >= 11 is 0. The van der Waals surface area contributed by atoms with Crippen LogP contribution in [0.15, 0.2) is 59.5 Å². The highest BCUT2D eigenvalue weighted by molar-refractivity contribution is 7.91. The zero-order valence-electron chi connectivity index (χ0n) is 13.0. The number of sulfone groups is 1. The molecule has 2 amide bonds. The lowest BCUT2D eigenvalue weighted by atomic mass is 10.1. The van der Waals surface area contributed by atoms with Crippen molar-refractivity contribution >= 4 is 15.9 Å². The summed E-state index contributed by atoms with van der Waals surface area (Å²) in [6.07, 6.45) is 0. The molecule has 0 aliphatic rings. The number of amides is 2. The monoisotopic (exact) mass is 332 g/mol. The smallest absolute Gasteiger partial charge is 0.315 e. The summed E-state index contributed by atoms with van der Waals surface area (Å²) in [5.41, 5.74) is 2.12. The van der Waals surface area contributed by atoms with Crippen LogP contribution in [0.3, 0.4) is 0 Å². The van der Waals surface area contributed by atoms with Crippen molar-refractivity contribution in [2.45, 2.75) is 18.4 Å². The van der Waals surface area contributed by atoms with Crippen LogP contribution < -0.4 is 10.6 Å². The maximum Gasteiger partial charge on any atom is 0.315 e. The zero-order chi connectivity index (χ0) is 16.7. The Kier molecular flexibility index (Phi) is 5.76. The summed E-state index contributed by atoms with van der Waals surface area (Å²) in [5, 5.41) is 5.27. The van der Waals surface area contributed by atoms with Gasteiger partial charge in [0.15, 0.2) is 9.84 Å². The normalized spacial score (nSPS) is 11.0. The molecule has 122 valence electrons. The van der Waals surface area contributed by atoms with Gasteiger partial charge in [-0.3, -0.25) is 0 Å². The molecule has 0 saturated carbocycles. The van der Waals surface area contributed by atoms with Crippen LogP contribution in [-0.4, -0.2) is 26.7 Å². The van der Waals surface area contributed by atoms with Gasteiger partial charge in [0.05, 0.1) is 10.6 Å². The van der Waals surface area contributed by atoms with E-state index >= 15 is 0 Å². The molecule has 6 heteroatoms. The standard InChI is InChI=1S/C17H20N2O3S/c1-14-6-5-7-15(12-14)13-19-17(20)18-10-11-23(21,22)16-8-3-2-4-9-16/h2-9,12H,10-11,13H2,1H3,(H2,18,19,20). The number of nitrogens with one attached hydrogen (secondary N) is 2. The Balaban J connectivity index is 1.77. The summed E-state index contributed by atoms with van der Waals surface area (Å²) in [5.74, 6) is -0.130. The minimum atomic E-state index is -3.37. The Morgan fingerprint density at radius 1 is 1.00 bits per heavy atom. The van der Waals surface area contributed by atoms with Gasteiger partial charge < -0.3 is 10.6 Å². The molecule has 0 saturated heterocycles. The molecular weight excluding hydrogens is 312 g/mol. The maximum atomic E-state index is 12.1. The Bertz CT molecular complexity index is 758. The molecule has 2 rings (SSSR count). The minimum Gasteiger partial charge on any atom is -0.337 e. The first-order valence-electron chi connectivity index (χ1n) is 7.32. The van der Waals surface area contributed by atoms with Crippen LogP contribution in [-0.2, 0) is 16.4 Å². The molecule has 0 heterocycles. The van der Waals surface area contributed by atoms with Crippen molar-refractivity contribution in [2.75, 3.05) is 12.3 Å². The molecule has 2 aromatic rings. The Morgan fingerprint density at radius 3 is 2.43 bits per heavy atom. The van der Waals surface area contributed by atoms with Gasteiger partial charge in [0, 0.05) is 13.1 Å². The first-order valence-corrected chi connectivity index (χ1v) is 8.98. The van der Waals surface area contributed by atoms with Gasteiger partial charge in [0.25, 0.3) is 0 Å². The Hall–Kier alpha value is -2.34. The summed E-state index contributed by atoms with van der Waals surface area (Å²) in [6, 6.07) is 15.6. The van der Waals surface area contributed by atoms with E-state index in [-0.39, 0.29) is 23.2 Å². The Morgan fingerprint density at radius 2 is 1.74 bits per heavy atom. The van der Waals surface area contributed by atoms with Gasteiger partial charge in [-0.05, 0) is 24.6 Å². The van der Waals surface area contributed by atoms with E-state index in [1.807, 2.05) is 31.2 Å². The number of carbonyl (C=O) groups is 1. The molecule has 0 aromatic heterocycles. The minimum absolute atomic E-state index is 0.0663. The topological polar surface area (TPSA) is 75.3 Å². The molecule has 2 aromatic carbocycles. The van der Waals surface area contributed by atoms with Crippen molar-refractivity contribution in [2.24, 2.45) is 0 Å². The van der Waals surface area contributed by atoms with Crippen LogP contribution in [0, 0.1) is 6.92 Å². The first kappa shape index (κ1) is 17.0. The van der Waals surface area contributed by atoms with Gasteiger partial charge in [-0.15, -0.1) is 0 Å². The summed E-state index contributed by atoms with van der Waals surface area (Å²) in [7, 11) is -3.37. The van der Waals surface area contributed by atoms with E-state index in [0.29, 0.717) is 6.54 Å². The number of benzene rings is 2. The second kappa shape index (κ2) is 7.78. The highest BCUT2D eigenvalue weighted by Crippen LogP contribution is 2.09. The average molecular weight is 332 g/mol. The lowest BCUT2D eigenvalue weighted by molar-refractivity contribution is 0.241. The van der Waals surface area contributed by atoms with E-state index in [0.717, 1.165) is 11.1 Å². The maximum absolute atomic E-state index is 12.1. The largest absolute Gasteiger partial charge is 0.337 e. The van der Waals surface area contributed by atoms with E-state index < -0.39 is 9.84 Å². The number of rotatable bonds is 6. The fourth-order valence-electron chi connectivity index (χ4n) is 2.11. The summed E-state index contributed by atoms with van der Waals surface area (Å²) in [6.45, 7) is 2.45. The van der Waals surface area contributed by atoms with E-state index in [2.05, 4.69) is 10.6 Å². The SMILES string of the molecule is Cc1cccc(CNC(=O)NCCS(=O)(=O)c2ccccc2)c1. The van der Waals surface area contributed by atoms with Crippen LogP contribution in [0.2, 0.25) is 0 Å². The molecule has 0 aliphatic carbocycles. The molecule has 0 spiro atoms. The van der Waals surface area contributed by atoms with Crippen LogP contribution >= 0.6 is 0 Å². The van der Waals surface area contributed by atoms with Crippen LogP contribution in [0.5, 0.6) is 0 Å². The lowest BCUT2D eigenvalue weighted by Gasteiger charge is -2.09. The molecule has 23 heavy (non-hydrogen) atoms. The fraction of sp³-hybridized carbons (Fsp3) is 0.235. The quantitative estimate of drug-likeness (QED) is 0.852. The van der Waals surface area contributed by atoms with Gasteiger partial charge in [0.2, 0.25) is 0 Å². The Labute approximate surface area is 136 Å². The van der Waals surface area contributed by atoms with E-state index in [9.17, 15) is 13.2 Å². The van der Waals surface area contributed by atoms with Crippen molar-refractivity contribution in [3.63, 3.8) is 0 Å². The van der Waals surface area contributed by atoms with Gasteiger partial charge in [-0.2, -0.15) is 0 Å². The molecule has 2 N–H and O–H groups in total. The third-order valence-electron chi connectivity index (χ3n) is 3.29. The average Bonchev–Trinajstić information content (AvgIpc) is 2.54. The highest BCUT2D eigenvalue weighted by atomic mass is 32.2. The van der Waals surface area contributed by atoms with Gasteiger partial charge in [-0.25, -0.2) is 13.2 Å². The molecule has 0 bridgehead atoms. The molecular formula is C17H20N2O3S. The van der Waals surface area contributed by atoms with Crippen molar-refractivity contribution in [3.8, 4) is 0 Å². The summed E-state index contributed by atoms with van der Waals surface area (Å²) < 4.78 is 24.1. The first-order chi connectivity index (χ1) is 11.0. The van der Waals surface area contributed by atoms with Crippen molar-refractivity contribution in [3.05, 3.63) is 65.7 Å². The lowest BCUT2D eigenvalue weighted by Crippen LogP contribution is -2.37. The fourth-order valence-corrected chi connectivity index (χ4v) is 3.29. The highest BCUT2D eigenvalue weighted by Gasteiger charge is 2.13. The molecule has 0 fully saturated rings. The van der Waals surface area contributed by atoms with Crippen molar-refractivity contribution < 1.29 is 13.2 Å². The number of carbonyl (C=O) groups excluding carboxylic acids is 1. The summed E-state index contributed by atoms with van der Waals surface area (Å²) in [4.78, 5) is 12.0. The molecule has 0 unspecified atom stereocenters. The molecule has 0 radical (unpaired) electrons. The third-order valence-corrected chi connectivity index (χ3v) is 5.03.